The molecule has 0 amide bonds. The monoisotopic (exact) mass is 354 g/mol. The fraction of sp³-hybridized carbons (Fsp3) is 0.200. The molecule has 2 nitrogen and oxygen atoms in total. The van der Waals surface area contributed by atoms with Gasteiger partial charge in [-0.25, -0.2) is 0 Å². The summed E-state index contributed by atoms with van der Waals surface area (Å²) in [6, 6.07) is 16.3. The van der Waals surface area contributed by atoms with Crippen molar-refractivity contribution in [1.82, 2.24) is 0 Å². The van der Waals surface area contributed by atoms with Gasteiger partial charge in [0, 0.05) is 6.42 Å². The van der Waals surface area contributed by atoms with Crippen LogP contribution in [-0.4, -0.2) is 6.61 Å². The van der Waals surface area contributed by atoms with E-state index in [0.717, 1.165) is 17.9 Å². The van der Waals surface area contributed by atoms with E-state index in [1.54, 1.807) is 0 Å². The van der Waals surface area contributed by atoms with E-state index in [4.69, 9.17) is 7.80 Å². The molecule has 0 radical (unpaired) electrons. The summed E-state index contributed by atoms with van der Waals surface area (Å²) in [5.74, 6) is 1.58. The van der Waals surface area contributed by atoms with Gasteiger partial charge in [-0.2, -0.15) is 0 Å². The predicted octanol–water partition coefficient (Wildman–Crippen LogP) is 4.35. The molecule has 0 N–H and O–H groups in total. The van der Waals surface area contributed by atoms with Gasteiger partial charge in [-0.1, -0.05) is 36.4 Å². The van der Waals surface area contributed by atoms with Gasteiger partial charge in [-0.15, -0.1) is 0 Å². The number of halogens is 1. The van der Waals surface area contributed by atoms with Crippen molar-refractivity contribution in [2.24, 2.45) is 0 Å². The highest BCUT2D eigenvalue weighted by atomic mass is 127. The minimum absolute atomic E-state index is 0.653. The summed E-state index contributed by atoms with van der Waals surface area (Å²) < 4.78 is 11.0. The van der Waals surface area contributed by atoms with E-state index in [9.17, 15) is 0 Å². The van der Waals surface area contributed by atoms with Crippen LogP contribution in [0, 0.1) is 6.92 Å². The maximum atomic E-state index is 5.78. The second-order valence-corrected chi connectivity index (χ2v) is 4.55. The third-order valence-electron chi connectivity index (χ3n) is 2.67. The van der Waals surface area contributed by atoms with Crippen molar-refractivity contribution >= 4 is 23.0 Å². The summed E-state index contributed by atoms with van der Waals surface area (Å²) in [7, 11) is 0. The average Bonchev–Trinajstić information content (AvgIpc) is 2.40. The van der Waals surface area contributed by atoms with Gasteiger partial charge in [-0.05, 0) is 30.2 Å². The molecule has 0 unspecified atom stereocenters. The maximum Gasteiger partial charge on any atom is 0.192 e. The third-order valence-corrected chi connectivity index (χ3v) is 3.15. The predicted molar refractivity (Wildman–Crippen MR) is 81.5 cm³/mol. The Balaban J connectivity index is 1.96. The second kappa shape index (κ2) is 6.64. The van der Waals surface area contributed by atoms with Gasteiger partial charge in [0.05, 0.1) is 6.61 Å². The molecule has 0 aromatic heterocycles. The van der Waals surface area contributed by atoms with Crippen LogP contribution in [0.5, 0.6) is 11.5 Å². The zero-order valence-corrected chi connectivity index (χ0v) is 12.4. The quantitative estimate of drug-likeness (QED) is 0.744. The molecule has 0 aliphatic rings. The number of rotatable bonds is 5. The first-order chi connectivity index (χ1) is 8.79. The number of hydrogen-bond acceptors (Lipinski definition) is 2. The van der Waals surface area contributed by atoms with Crippen molar-refractivity contribution < 1.29 is 7.80 Å². The molecule has 0 saturated heterocycles. The molecule has 0 aliphatic heterocycles. The van der Waals surface area contributed by atoms with Gasteiger partial charge >= 0.3 is 0 Å². The Morgan fingerprint density at radius 3 is 2.50 bits per heavy atom. The van der Waals surface area contributed by atoms with E-state index in [0.29, 0.717) is 6.61 Å². The molecule has 0 spiro atoms. The lowest BCUT2D eigenvalue weighted by Gasteiger charge is -2.10. The van der Waals surface area contributed by atoms with E-state index in [2.05, 4.69) is 12.1 Å². The van der Waals surface area contributed by atoms with E-state index < -0.39 is 0 Å². The van der Waals surface area contributed by atoms with Crippen LogP contribution in [0.15, 0.2) is 48.5 Å². The molecule has 0 saturated carbocycles. The summed E-state index contributed by atoms with van der Waals surface area (Å²) in [6.45, 7) is 2.70. The van der Waals surface area contributed by atoms with Crippen molar-refractivity contribution in [2.75, 3.05) is 6.61 Å². The lowest BCUT2D eigenvalue weighted by Crippen LogP contribution is -2.02. The van der Waals surface area contributed by atoms with Gasteiger partial charge in [0.15, 0.2) is 34.5 Å². The molecule has 2 rings (SSSR count). The van der Waals surface area contributed by atoms with Gasteiger partial charge in [0.25, 0.3) is 0 Å². The minimum Gasteiger partial charge on any atom is -0.489 e. The first kappa shape index (κ1) is 13.2. The normalized spacial score (nSPS) is 10.1. The van der Waals surface area contributed by atoms with Gasteiger partial charge in [-0.3, -0.25) is 0 Å². The molecule has 0 aliphatic carbocycles. The zero-order valence-electron chi connectivity index (χ0n) is 10.2. The standard InChI is InChI=1S/C15H15IO2/c1-12-7-8-14(18-16)15(11-12)17-10-9-13-5-3-2-4-6-13/h2-8,11H,9-10H2,1H3. The first-order valence-corrected chi connectivity index (χ1v) is 6.73. The number of benzene rings is 2. The van der Waals surface area contributed by atoms with E-state index in [1.165, 1.54) is 11.1 Å². The van der Waals surface area contributed by atoms with Crippen molar-refractivity contribution in [3.63, 3.8) is 0 Å². The van der Waals surface area contributed by atoms with Crippen LogP contribution in [0.1, 0.15) is 11.1 Å². The van der Waals surface area contributed by atoms with Crippen molar-refractivity contribution in [3.05, 3.63) is 59.7 Å². The highest BCUT2D eigenvalue weighted by Crippen LogP contribution is 2.29. The fourth-order valence-corrected chi connectivity index (χ4v) is 2.08. The Morgan fingerprint density at radius 1 is 1.00 bits per heavy atom. The van der Waals surface area contributed by atoms with E-state index in [1.807, 2.05) is 66.3 Å². The number of aryl methyl sites for hydroxylation is 1. The lowest BCUT2D eigenvalue weighted by molar-refractivity contribution is 0.315. The summed E-state index contributed by atoms with van der Waals surface area (Å²) in [6.07, 6.45) is 0.898. The van der Waals surface area contributed by atoms with Crippen molar-refractivity contribution in [2.45, 2.75) is 13.3 Å². The topological polar surface area (TPSA) is 18.5 Å². The highest BCUT2D eigenvalue weighted by Gasteiger charge is 2.04. The third kappa shape index (κ3) is 3.63. The minimum atomic E-state index is 0.653. The largest absolute Gasteiger partial charge is 0.489 e. The van der Waals surface area contributed by atoms with Crippen LogP contribution in [0.4, 0.5) is 0 Å². The second-order valence-electron chi connectivity index (χ2n) is 4.11. The Kier molecular flexibility index (Phi) is 4.87. The lowest BCUT2D eigenvalue weighted by atomic mass is 10.2. The molecular weight excluding hydrogens is 339 g/mol. The number of hydrogen-bond donors (Lipinski definition) is 0. The van der Waals surface area contributed by atoms with Crippen molar-refractivity contribution in [1.29, 1.82) is 0 Å². The van der Waals surface area contributed by atoms with E-state index >= 15 is 0 Å². The Morgan fingerprint density at radius 2 is 1.78 bits per heavy atom. The molecule has 2 aromatic carbocycles. The molecule has 3 heteroatoms. The summed E-state index contributed by atoms with van der Waals surface area (Å²) in [5, 5.41) is 0. The Labute approximate surface area is 122 Å². The molecule has 94 valence electrons. The average molecular weight is 354 g/mol. The molecule has 0 atom stereocenters. The molecular formula is C15H15IO2. The van der Waals surface area contributed by atoms with E-state index in [-0.39, 0.29) is 0 Å². The molecule has 18 heavy (non-hydrogen) atoms. The van der Waals surface area contributed by atoms with Crippen LogP contribution in [0.25, 0.3) is 0 Å². The van der Waals surface area contributed by atoms with Crippen LogP contribution < -0.4 is 7.80 Å². The van der Waals surface area contributed by atoms with Crippen LogP contribution in [-0.2, 0) is 6.42 Å². The van der Waals surface area contributed by atoms with Gasteiger partial charge in [0.1, 0.15) is 0 Å². The molecule has 2 aromatic rings. The Hall–Kier alpha value is -1.23. The molecule has 0 bridgehead atoms. The van der Waals surface area contributed by atoms with Gasteiger partial charge < -0.3 is 7.80 Å². The highest BCUT2D eigenvalue weighted by molar-refractivity contribution is 14.1. The van der Waals surface area contributed by atoms with Crippen molar-refractivity contribution in [3.8, 4) is 11.5 Å². The zero-order chi connectivity index (χ0) is 12.8. The molecule has 0 heterocycles. The summed E-state index contributed by atoms with van der Waals surface area (Å²) >= 11 is 1.87. The smallest absolute Gasteiger partial charge is 0.192 e. The van der Waals surface area contributed by atoms with Crippen LogP contribution in [0.3, 0.4) is 0 Å². The number of ether oxygens (including phenoxy) is 1. The summed E-state index contributed by atoms with van der Waals surface area (Å²) in [4.78, 5) is 0. The molecule has 0 fully saturated rings. The SMILES string of the molecule is Cc1ccc(OI)c(OCCc2ccccc2)c1. The Bertz CT molecular complexity index is 497. The van der Waals surface area contributed by atoms with Gasteiger partial charge in [0.2, 0.25) is 0 Å². The fourth-order valence-electron chi connectivity index (χ4n) is 1.72. The summed E-state index contributed by atoms with van der Waals surface area (Å²) in [5.41, 5.74) is 2.45. The van der Waals surface area contributed by atoms with Crippen LogP contribution in [0.2, 0.25) is 0 Å². The maximum absolute atomic E-state index is 5.78. The van der Waals surface area contributed by atoms with Crippen LogP contribution >= 0.6 is 23.0 Å². The first-order valence-electron chi connectivity index (χ1n) is 5.85.